The van der Waals surface area contributed by atoms with Crippen LogP contribution in [0.2, 0.25) is 0 Å². The molecule has 0 saturated carbocycles. The molecule has 0 radical (unpaired) electrons. The molecule has 2 rings (SSSR count). The highest BCUT2D eigenvalue weighted by atomic mass is 16.5. The van der Waals surface area contributed by atoms with E-state index in [-0.39, 0.29) is 0 Å². The largest absolute Gasteiger partial charge is 0.488 e. The molecule has 1 aromatic carbocycles. The monoisotopic (exact) mass is 234 g/mol. The molecule has 1 aliphatic heterocycles. The number of hydrogen-bond acceptors (Lipinski definition) is 3. The van der Waals surface area contributed by atoms with Gasteiger partial charge in [-0.1, -0.05) is 25.1 Å². The number of nitrogens with two attached hydrogens (primary N) is 1. The molecule has 1 unspecified atom stereocenters. The summed E-state index contributed by atoms with van der Waals surface area (Å²) in [7, 11) is 0. The van der Waals surface area contributed by atoms with E-state index in [0.717, 1.165) is 38.3 Å². The Morgan fingerprint density at radius 1 is 1.35 bits per heavy atom. The molecule has 1 aromatic rings. The van der Waals surface area contributed by atoms with E-state index in [1.54, 1.807) is 0 Å². The predicted octanol–water partition coefficient (Wildman–Crippen LogP) is 1.66. The maximum atomic E-state index is 5.95. The molecule has 0 saturated heterocycles. The lowest BCUT2D eigenvalue weighted by atomic mass is 10.1. The number of benzene rings is 1. The molecular weight excluding hydrogens is 212 g/mol. The van der Waals surface area contributed by atoms with Gasteiger partial charge in [0, 0.05) is 26.1 Å². The van der Waals surface area contributed by atoms with Gasteiger partial charge >= 0.3 is 0 Å². The van der Waals surface area contributed by atoms with Crippen molar-refractivity contribution in [3.63, 3.8) is 0 Å². The van der Waals surface area contributed by atoms with E-state index >= 15 is 0 Å². The van der Waals surface area contributed by atoms with Crippen LogP contribution in [-0.4, -0.2) is 37.2 Å². The molecule has 94 valence electrons. The van der Waals surface area contributed by atoms with Crippen molar-refractivity contribution in [2.24, 2.45) is 5.73 Å². The Bertz CT molecular complexity index is 323. The van der Waals surface area contributed by atoms with E-state index in [0.29, 0.717) is 6.10 Å². The lowest BCUT2D eigenvalue weighted by molar-refractivity contribution is 0.152. The van der Waals surface area contributed by atoms with Crippen molar-refractivity contribution in [1.82, 2.24) is 4.90 Å². The molecule has 0 aromatic heterocycles. The van der Waals surface area contributed by atoms with Crippen LogP contribution in [0.1, 0.15) is 18.9 Å². The Kier molecular flexibility index (Phi) is 4.40. The lowest BCUT2D eigenvalue weighted by Gasteiger charge is -2.24. The number of fused-ring (bicyclic) bond motifs is 1. The Balaban J connectivity index is 1.89. The molecule has 1 atom stereocenters. The average molecular weight is 234 g/mol. The minimum Gasteiger partial charge on any atom is -0.488 e. The summed E-state index contributed by atoms with van der Waals surface area (Å²) >= 11 is 0. The summed E-state index contributed by atoms with van der Waals surface area (Å²) < 4.78 is 5.95. The molecule has 1 aliphatic rings. The average Bonchev–Trinajstić information content (AvgIpc) is 2.71. The minimum absolute atomic E-state index is 0.297. The van der Waals surface area contributed by atoms with Gasteiger partial charge in [0.25, 0.3) is 0 Å². The zero-order valence-corrected chi connectivity index (χ0v) is 10.6. The molecule has 0 fully saturated rings. The second kappa shape index (κ2) is 6.03. The fourth-order valence-electron chi connectivity index (χ4n) is 2.44. The number of nitrogens with zero attached hydrogens (tertiary/aromatic N) is 1. The first-order valence-corrected chi connectivity index (χ1v) is 6.50. The van der Waals surface area contributed by atoms with E-state index in [1.165, 1.54) is 12.0 Å². The predicted molar refractivity (Wildman–Crippen MR) is 70.3 cm³/mol. The highest BCUT2D eigenvalue weighted by Crippen LogP contribution is 2.28. The maximum Gasteiger partial charge on any atom is 0.123 e. The number of rotatable bonds is 6. The van der Waals surface area contributed by atoms with Crippen LogP contribution < -0.4 is 10.5 Å². The second-order valence-electron chi connectivity index (χ2n) is 4.64. The molecule has 3 nitrogen and oxygen atoms in total. The SMILES string of the molecule is CCCN(CCN)CC1Cc2ccccc2O1. The normalized spacial score (nSPS) is 18.2. The van der Waals surface area contributed by atoms with Gasteiger partial charge < -0.3 is 10.5 Å². The van der Waals surface area contributed by atoms with Gasteiger partial charge in [-0.2, -0.15) is 0 Å². The Hall–Kier alpha value is -1.06. The third kappa shape index (κ3) is 3.20. The standard InChI is InChI=1S/C14H22N2O/c1-2-8-16(9-7-15)11-13-10-12-5-3-4-6-14(12)17-13/h3-6,13H,2,7-11,15H2,1H3. The Labute approximate surface area is 104 Å². The van der Waals surface area contributed by atoms with Gasteiger partial charge in [0.15, 0.2) is 0 Å². The van der Waals surface area contributed by atoms with E-state index in [4.69, 9.17) is 10.5 Å². The molecular formula is C14H22N2O. The zero-order valence-electron chi connectivity index (χ0n) is 10.6. The van der Waals surface area contributed by atoms with Crippen LogP contribution in [0.25, 0.3) is 0 Å². The van der Waals surface area contributed by atoms with Gasteiger partial charge in [-0.25, -0.2) is 0 Å². The third-order valence-electron chi connectivity index (χ3n) is 3.16. The summed E-state index contributed by atoms with van der Waals surface area (Å²) in [5, 5.41) is 0. The second-order valence-corrected chi connectivity index (χ2v) is 4.64. The third-order valence-corrected chi connectivity index (χ3v) is 3.16. The van der Waals surface area contributed by atoms with Gasteiger partial charge in [-0.3, -0.25) is 4.90 Å². The number of hydrogen-bond donors (Lipinski definition) is 1. The van der Waals surface area contributed by atoms with Crippen LogP contribution in [0.5, 0.6) is 5.75 Å². The molecule has 2 N–H and O–H groups in total. The first kappa shape index (κ1) is 12.4. The summed E-state index contributed by atoms with van der Waals surface area (Å²) in [6, 6.07) is 8.32. The fourth-order valence-corrected chi connectivity index (χ4v) is 2.44. The molecule has 1 heterocycles. The van der Waals surface area contributed by atoms with Crippen LogP contribution in [0.15, 0.2) is 24.3 Å². The first-order valence-electron chi connectivity index (χ1n) is 6.50. The van der Waals surface area contributed by atoms with E-state index in [1.807, 2.05) is 6.07 Å². The maximum absolute atomic E-state index is 5.95. The van der Waals surface area contributed by atoms with Crippen molar-refractivity contribution >= 4 is 0 Å². The molecule has 17 heavy (non-hydrogen) atoms. The number of ether oxygens (including phenoxy) is 1. The fraction of sp³-hybridized carbons (Fsp3) is 0.571. The molecule has 0 spiro atoms. The van der Waals surface area contributed by atoms with E-state index in [2.05, 4.69) is 30.0 Å². The van der Waals surface area contributed by atoms with E-state index < -0.39 is 0 Å². The van der Waals surface area contributed by atoms with Crippen molar-refractivity contribution in [3.05, 3.63) is 29.8 Å². The van der Waals surface area contributed by atoms with Gasteiger partial charge in [0.2, 0.25) is 0 Å². The highest BCUT2D eigenvalue weighted by Gasteiger charge is 2.23. The van der Waals surface area contributed by atoms with Crippen LogP contribution >= 0.6 is 0 Å². The Morgan fingerprint density at radius 3 is 2.88 bits per heavy atom. The Morgan fingerprint density at radius 2 is 2.18 bits per heavy atom. The van der Waals surface area contributed by atoms with Crippen molar-refractivity contribution in [2.75, 3.05) is 26.2 Å². The van der Waals surface area contributed by atoms with Crippen LogP contribution in [-0.2, 0) is 6.42 Å². The van der Waals surface area contributed by atoms with E-state index in [9.17, 15) is 0 Å². The smallest absolute Gasteiger partial charge is 0.123 e. The quantitative estimate of drug-likeness (QED) is 0.813. The number of para-hydroxylation sites is 1. The van der Waals surface area contributed by atoms with Crippen LogP contribution in [0.3, 0.4) is 0 Å². The highest BCUT2D eigenvalue weighted by molar-refractivity contribution is 5.37. The van der Waals surface area contributed by atoms with Gasteiger partial charge in [0.1, 0.15) is 11.9 Å². The molecule has 0 amide bonds. The summed E-state index contributed by atoms with van der Waals surface area (Å²) in [6.07, 6.45) is 2.49. The minimum atomic E-state index is 0.297. The topological polar surface area (TPSA) is 38.5 Å². The van der Waals surface area contributed by atoms with Crippen LogP contribution in [0.4, 0.5) is 0 Å². The van der Waals surface area contributed by atoms with Crippen molar-refractivity contribution < 1.29 is 4.74 Å². The van der Waals surface area contributed by atoms with Gasteiger partial charge in [-0.05, 0) is 24.6 Å². The van der Waals surface area contributed by atoms with Gasteiger partial charge in [-0.15, -0.1) is 0 Å². The lowest BCUT2D eigenvalue weighted by Crippen LogP contribution is -2.38. The molecule has 3 heteroatoms. The van der Waals surface area contributed by atoms with Crippen molar-refractivity contribution in [3.8, 4) is 5.75 Å². The summed E-state index contributed by atoms with van der Waals surface area (Å²) in [6.45, 7) is 5.98. The van der Waals surface area contributed by atoms with Crippen molar-refractivity contribution in [1.29, 1.82) is 0 Å². The molecule has 0 bridgehead atoms. The van der Waals surface area contributed by atoms with Crippen LogP contribution in [0, 0.1) is 0 Å². The summed E-state index contributed by atoms with van der Waals surface area (Å²) in [4.78, 5) is 2.40. The van der Waals surface area contributed by atoms with Gasteiger partial charge in [0.05, 0.1) is 0 Å². The first-order chi connectivity index (χ1) is 8.33. The van der Waals surface area contributed by atoms with Crippen molar-refractivity contribution in [2.45, 2.75) is 25.9 Å². The summed E-state index contributed by atoms with van der Waals surface area (Å²) in [5.41, 5.74) is 6.97. The summed E-state index contributed by atoms with van der Waals surface area (Å²) in [5.74, 6) is 1.06. The zero-order chi connectivity index (χ0) is 12.1. The molecule has 0 aliphatic carbocycles.